The molecule has 0 unspecified atom stereocenters. The first kappa shape index (κ1) is 21.4. The van der Waals surface area contributed by atoms with Crippen molar-refractivity contribution in [3.05, 3.63) is 28.2 Å². The van der Waals surface area contributed by atoms with Crippen LogP contribution in [0.5, 0.6) is 0 Å². The smallest absolute Gasteiger partial charge is 0.314 e. The Kier molecular flexibility index (Phi) is 9.52. The molecular weight excluding hydrogens is 384 g/mol. The van der Waals surface area contributed by atoms with E-state index in [4.69, 9.17) is 0 Å². The number of likely N-dealkylation sites (N-methyl/N-ethyl adjacent to an activating group) is 1. The number of rotatable bonds is 9. The van der Waals surface area contributed by atoms with Crippen molar-refractivity contribution < 1.29 is 9.59 Å². The second-order valence-corrected chi connectivity index (χ2v) is 7.08. The predicted octanol–water partition coefficient (Wildman–Crippen LogP) is 3.12. The van der Waals surface area contributed by atoms with Crippen molar-refractivity contribution in [2.45, 2.75) is 40.2 Å². The van der Waals surface area contributed by atoms with Gasteiger partial charge in [-0.3, -0.25) is 9.69 Å². The standard InChI is InChI=1S/C18H29BrN4O2/c1-5-23(13(2)3)11-10-21-18(25)20-9-8-17(24)22-16-7-6-15(19)12-14(16)4/h6-7,12-13H,5,8-11H2,1-4H3,(H,22,24)(H2,20,21,25). The molecule has 1 rings (SSSR count). The molecule has 25 heavy (non-hydrogen) atoms. The normalized spacial score (nSPS) is 10.8. The summed E-state index contributed by atoms with van der Waals surface area (Å²) in [5, 5.41) is 8.37. The van der Waals surface area contributed by atoms with Gasteiger partial charge in [-0.2, -0.15) is 0 Å². The van der Waals surface area contributed by atoms with E-state index < -0.39 is 0 Å². The maximum Gasteiger partial charge on any atom is 0.314 e. The van der Waals surface area contributed by atoms with E-state index >= 15 is 0 Å². The fraction of sp³-hybridized carbons (Fsp3) is 0.556. The summed E-state index contributed by atoms with van der Waals surface area (Å²) >= 11 is 3.39. The highest BCUT2D eigenvalue weighted by molar-refractivity contribution is 9.10. The minimum Gasteiger partial charge on any atom is -0.338 e. The Bertz CT molecular complexity index is 578. The number of nitrogens with zero attached hydrogens (tertiary/aromatic N) is 1. The lowest BCUT2D eigenvalue weighted by Gasteiger charge is -2.24. The minimum absolute atomic E-state index is 0.123. The lowest BCUT2D eigenvalue weighted by molar-refractivity contribution is -0.116. The monoisotopic (exact) mass is 412 g/mol. The van der Waals surface area contributed by atoms with Gasteiger partial charge in [-0.05, 0) is 51.1 Å². The topological polar surface area (TPSA) is 73.5 Å². The maximum absolute atomic E-state index is 11.9. The van der Waals surface area contributed by atoms with Gasteiger partial charge in [0.15, 0.2) is 0 Å². The van der Waals surface area contributed by atoms with Gasteiger partial charge in [0.1, 0.15) is 0 Å². The van der Waals surface area contributed by atoms with Gasteiger partial charge in [0.25, 0.3) is 0 Å². The summed E-state index contributed by atoms with van der Waals surface area (Å²) in [5.41, 5.74) is 1.77. The van der Waals surface area contributed by atoms with Crippen LogP contribution in [-0.4, -0.2) is 49.1 Å². The maximum atomic E-state index is 11.9. The summed E-state index contributed by atoms with van der Waals surface area (Å²) in [6.45, 7) is 11.0. The van der Waals surface area contributed by atoms with Crippen molar-refractivity contribution in [3.8, 4) is 0 Å². The number of hydrogen-bond acceptors (Lipinski definition) is 3. The Morgan fingerprint density at radius 3 is 2.48 bits per heavy atom. The molecule has 0 fully saturated rings. The first-order chi connectivity index (χ1) is 11.8. The summed E-state index contributed by atoms with van der Waals surface area (Å²) in [6.07, 6.45) is 0.232. The van der Waals surface area contributed by atoms with Gasteiger partial charge in [0.05, 0.1) is 0 Å². The Morgan fingerprint density at radius 1 is 1.20 bits per heavy atom. The molecule has 0 aliphatic heterocycles. The molecule has 140 valence electrons. The van der Waals surface area contributed by atoms with E-state index in [9.17, 15) is 9.59 Å². The van der Waals surface area contributed by atoms with E-state index in [1.807, 2.05) is 25.1 Å². The Morgan fingerprint density at radius 2 is 1.88 bits per heavy atom. The third-order valence-electron chi connectivity index (χ3n) is 3.92. The van der Waals surface area contributed by atoms with E-state index in [0.717, 1.165) is 28.8 Å². The molecule has 1 aromatic carbocycles. The van der Waals surface area contributed by atoms with Gasteiger partial charge in [-0.1, -0.05) is 22.9 Å². The van der Waals surface area contributed by atoms with Gasteiger partial charge in [-0.15, -0.1) is 0 Å². The number of amides is 3. The van der Waals surface area contributed by atoms with Crippen LogP contribution in [-0.2, 0) is 4.79 Å². The number of urea groups is 1. The summed E-state index contributed by atoms with van der Waals surface area (Å²) in [4.78, 5) is 26.0. The Balaban J connectivity index is 2.23. The molecule has 1 aromatic rings. The average Bonchev–Trinajstić information content (AvgIpc) is 2.54. The van der Waals surface area contributed by atoms with Gasteiger partial charge in [0, 0.05) is 42.3 Å². The second kappa shape index (κ2) is 11.1. The van der Waals surface area contributed by atoms with Crippen molar-refractivity contribution >= 4 is 33.6 Å². The van der Waals surface area contributed by atoms with Crippen molar-refractivity contribution in [1.82, 2.24) is 15.5 Å². The number of benzene rings is 1. The molecule has 3 amide bonds. The number of nitrogens with one attached hydrogen (secondary N) is 3. The summed E-state index contributed by atoms with van der Waals surface area (Å²) in [6, 6.07) is 5.89. The molecule has 7 heteroatoms. The van der Waals surface area contributed by atoms with Gasteiger partial charge in [0.2, 0.25) is 5.91 Å². The SMILES string of the molecule is CCN(CCNC(=O)NCCC(=O)Nc1ccc(Br)cc1C)C(C)C. The lowest BCUT2D eigenvalue weighted by Crippen LogP contribution is -2.42. The molecule has 0 heterocycles. The Hall–Kier alpha value is -1.60. The van der Waals surface area contributed by atoms with E-state index in [-0.39, 0.29) is 18.4 Å². The van der Waals surface area contributed by atoms with E-state index in [1.165, 1.54) is 0 Å². The quantitative estimate of drug-likeness (QED) is 0.583. The highest BCUT2D eigenvalue weighted by Gasteiger charge is 2.08. The molecule has 6 nitrogen and oxygen atoms in total. The average molecular weight is 413 g/mol. The first-order valence-corrected chi connectivity index (χ1v) is 9.44. The van der Waals surface area contributed by atoms with Crippen molar-refractivity contribution in [1.29, 1.82) is 0 Å². The summed E-state index contributed by atoms with van der Waals surface area (Å²) in [7, 11) is 0. The van der Waals surface area contributed by atoms with Crippen LogP contribution < -0.4 is 16.0 Å². The third kappa shape index (κ3) is 8.36. The van der Waals surface area contributed by atoms with Crippen LogP contribution in [0.15, 0.2) is 22.7 Å². The summed E-state index contributed by atoms with van der Waals surface area (Å²) in [5.74, 6) is -0.123. The fourth-order valence-corrected chi connectivity index (χ4v) is 2.90. The van der Waals surface area contributed by atoms with Crippen LogP contribution >= 0.6 is 15.9 Å². The third-order valence-corrected chi connectivity index (χ3v) is 4.41. The number of halogens is 1. The fourth-order valence-electron chi connectivity index (χ4n) is 2.43. The van der Waals surface area contributed by atoms with Crippen LogP contribution in [0.1, 0.15) is 32.8 Å². The first-order valence-electron chi connectivity index (χ1n) is 8.65. The van der Waals surface area contributed by atoms with Crippen molar-refractivity contribution in [2.75, 3.05) is 31.5 Å². The number of carbonyl (C=O) groups is 2. The number of carbonyl (C=O) groups excluding carboxylic acids is 2. The molecule has 0 aliphatic rings. The van der Waals surface area contributed by atoms with E-state index in [2.05, 4.69) is 57.6 Å². The van der Waals surface area contributed by atoms with Crippen LogP contribution in [0.2, 0.25) is 0 Å². The predicted molar refractivity (Wildman–Crippen MR) is 106 cm³/mol. The minimum atomic E-state index is -0.243. The molecule has 0 saturated heterocycles. The molecule has 3 N–H and O–H groups in total. The number of aryl methyl sites for hydroxylation is 1. The zero-order valence-electron chi connectivity index (χ0n) is 15.5. The molecule has 0 atom stereocenters. The molecule has 0 aliphatic carbocycles. The van der Waals surface area contributed by atoms with Crippen LogP contribution in [0.25, 0.3) is 0 Å². The highest BCUT2D eigenvalue weighted by atomic mass is 79.9. The van der Waals surface area contributed by atoms with Crippen molar-refractivity contribution in [3.63, 3.8) is 0 Å². The molecule has 0 spiro atoms. The molecular formula is C18H29BrN4O2. The zero-order valence-corrected chi connectivity index (χ0v) is 17.1. The molecule has 0 bridgehead atoms. The van der Waals surface area contributed by atoms with Crippen LogP contribution in [0.4, 0.5) is 10.5 Å². The molecule has 0 saturated carbocycles. The van der Waals surface area contributed by atoms with Crippen LogP contribution in [0, 0.1) is 6.92 Å². The number of anilines is 1. The van der Waals surface area contributed by atoms with Gasteiger partial charge >= 0.3 is 6.03 Å². The molecule has 0 radical (unpaired) electrons. The van der Waals surface area contributed by atoms with Crippen LogP contribution in [0.3, 0.4) is 0 Å². The lowest BCUT2D eigenvalue weighted by atomic mass is 10.2. The van der Waals surface area contributed by atoms with Gasteiger partial charge in [-0.25, -0.2) is 4.79 Å². The molecule has 0 aromatic heterocycles. The van der Waals surface area contributed by atoms with E-state index in [1.54, 1.807) is 0 Å². The zero-order chi connectivity index (χ0) is 18.8. The largest absolute Gasteiger partial charge is 0.338 e. The second-order valence-electron chi connectivity index (χ2n) is 6.16. The number of hydrogen-bond donors (Lipinski definition) is 3. The summed E-state index contributed by atoms with van der Waals surface area (Å²) < 4.78 is 0.973. The van der Waals surface area contributed by atoms with Gasteiger partial charge < -0.3 is 16.0 Å². The Labute approximate surface area is 158 Å². The van der Waals surface area contributed by atoms with E-state index in [0.29, 0.717) is 19.1 Å². The highest BCUT2D eigenvalue weighted by Crippen LogP contribution is 2.19. The van der Waals surface area contributed by atoms with Crippen molar-refractivity contribution in [2.24, 2.45) is 0 Å².